The number of carbonyl (C=O) groups excluding carboxylic acids is 1. The van der Waals surface area contributed by atoms with Gasteiger partial charge in [0.25, 0.3) is 5.71 Å². The van der Waals surface area contributed by atoms with Crippen LogP contribution >= 0.6 is 0 Å². The minimum absolute atomic E-state index is 0.00486. The number of amides is 1. The lowest BCUT2D eigenvalue weighted by Crippen LogP contribution is -2.43. The number of fused-ring (bicyclic) bond motifs is 1. The van der Waals surface area contributed by atoms with Crippen molar-refractivity contribution >= 4 is 22.8 Å². The van der Waals surface area contributed by atoms with E-state index in [4.69, 9.17) is 4.52 Å². The second kappa shape index (κ2) is 6.93. The van der Waals surface area contributed by atoms with Crippen molar-refractivity contribution in [3.63, 3.8) is 0 Å². The van der Waals surface area contributed by atoms with E-state index in [0.717, 1.165) is 55.7 Å². The van der Waals surface area contributed by atoms with Gasteiger partial charge in [0.05, 0.1) is 11.6 Å². The number of piperidine rings is 1. The van der Waals surface area contributed by atoms with Crippen molar-refractivity contribution in [1.29, 1.82) is 0 Å². The lowest BCUT2D eigenvalue weighted by Gasteiger charge is -2.33. The number of carbonyl (C=O) groups is 1. The average Bonchev–Trinajstić information content (AvgIpc) is 3.03. The molecule has 0 aliphatic carbocycles. The molecule has 3 heterocycles. The summed E-state index contributed by atoms with van der Waals surface area (Å²) in [5.41, 5.74) is 1.39. The van der Waals surface area contributed by atoms with Crippen LogP contribution in [-0.2, 0) is 11.2 Å². The molecule has 1 aliphatic heterocycles. The summed E-state index contributed by atoms with van der Waals surface area (Å²) >= 11 is 0. The third-order valence-electron chi connectivity index (χ3n) is 4.30. The normalized spacial score (nSPS) is 18.3. The van der Waals surface area contributed by atoms with Gasteiger partial charge in [-0.25, -0.2) is 4.98 Å². The topological polar surface area (TPSA) is 84.2 Å². The summed E-state index contributed by atoms with van der Waals surface area (Å²) < 4.78 is 5.29. The quantitative estimate of drug-likeness (QED) is 0.907. The van der Waals surface area contributed by atoms with Crippen LogP contribution in [0.15, 0.2) is 10.9 Å². The van der Waals surface area contributed by atoms with Crippen LogP contribution in [0.2, 0.25) is 0 Å². The highest BCUT2D eigenvalue weighted by Gasteiger charge is 2.28. The molecule has 1 saturated heterocycles. The van der Waals surface area contributed by atoms with E-state index in [1.165, 1.54) is 6.33 Å². The van der Waals surface area contributed by atoms with Crippen LogP contribution in [0.25, 0.3) is 11.1 Å². The molecule has 3 rings (SSSR count). The van der Waals surface area contributed by atoms with Gasteiger partial charge in [0.2, 0.25) is 5.91 Å². The van der Waals surface area contributed by atoms with E-state index in [-0.39, 0.29) is 11.8 Å². The van der Waals surface area contributed by atoms with Crippen molar-refractivity contribution < 1.29 is 9.32 Å². The molecule has 0 spiro atoms. The van der Waals surface area contributed by atoms with Gasteiger partial charge >= 0.3 is 0 Å². The molecule has 1 aliphatic rings. The van der Waals surface area contributed by atoms with Crippen LogP contribution in [0.4, 0.5) is 5.82 Å². The Labute approximate surface area is 135 Å². The summed E-state index contributed by atoms with van der Waals surface area (Å²) in [6.07, 6.45) is 5.12. The molecular formula is C16H23N5O2. The maximum atomic E-state index is 12.3. The summed E-state index contributed by atoms with van der Waals surface area (Å²) in [5.74, 6) is 0.981. The molecule has 0 radical (unpaired) electrons. The Kier molecular flexibility index (Phi) is 4.73. The van der Waals surface area contributed by atoms with Crippen LogP contribution in [0, 0.1) is 5.92 Å². The summed E-state index contributed by atoms with van der Waals surface area (Å²) in [4.78, 5) is 23.0. The molecular weight excluding hydrogens is 294 g/mol. The number of aromatic nitrogens is 3. The molecule has 2 aromatic rings. The van der Waals surface area contributed by atoms with Gasteiger partial charge in [-0.15, -0.1) is 0 Å². The lowest BCUT2D eigenvalue weighted by atomic mass is 9.97. The molecule has 7 heteroatoms. The van der Waals surface area contributed by atoms with E-state index in [9.17, 15) is 4.79 Å². The number of nitrogens with one attached hydrogen (secondary N) is 1. The van der Waals surface area contributed by atoms with Crippen molar-refractivity contribution in [2.24, 2.45) is 5.92 Å². The van der Waals surface area contributed by atoms with E-state index in [1.54, 1.807) is 0 Å². The smallest absolute Gasteiger partial charge is 0.263 e. The van der Waals surface area contributed by atoms with Crippen molar-refractivity contribution in [2.75, 3.05) is 24.5 Å². The molecule has 0 aromatic carbocycles. The zero-order valence-corrected chi connectivity index (χ0v) is 13.7. The maximum absolute atomic E-state index is 12.3. The zero-order valence-electron chi connectivity index (χ0n) is 13.7. The first kappa shape index (κ1) is 15.7. The largest absolute Gasteiger partial charge is 0.356 e. The van der Waals surface area contributed by atoms with E-state index in [1.807, 2.05) is 6.92 Å². The maximum Gasteiger partial charge on any atom is 0.263 e. The second-order valence-corrected chi connectivity index (χ2v) is 5.94. The van der Waals surface area contributed by atoms with E-state index in [2.05, 4.69) is 32.3 Å². The predicted molar refractivity (Wildman–Crippen MR) is 87.2 cm³/mol. The van der Waals surface area contributed by atoms with Crippen LogP contribution in [0.3, 0.4) is 0 Å². The third kappa shape index (κ3) is 3.13. The Hall–Kier alpha value is -2.18. The molecule has 7 nitrogen and oxygen atoms in total. The summed E-state index contributed by atoms with van der Waals surface area (Å²) in [7, 11) is 0. The highest BCUT2D eigenvalue weighted by molar-refractivity contribution is 5.88. The fourth-order valence-corrected chi connectivity index (χ4v) is 3.08. The number of aryl methyl sites for hydroxylation is 1. The van der Waals surface area contributed by atoms with Crippen LogP contribution < -0.4 is 10.2 Å². The standard InChI is InChI=1S/C16H23N5O2/c1-3-7-17-15(22)11-6-5-8-21(9-11)14-13-12(4-2)20-23-16(13)19-10-18-14/h10-11H,3-9H2,1-2H3,(H,17,22). The molecule has 0 saturated carbocycles. The molecule has 1 atom stereocenters. The highest BCUT2D eigenvalue weighted by Crippen LogP contribution is 2.30. The minimum Gasteiger partial charge on any atom is -0.356 e. The number of hydrogen-bond donors (Lipinski definition) is 1. The van der Waals surface area contributed by atoms with E-state index < -0.39 is 0 Å². The SMILES string of the molecule is CCCNC(=O)C1CCCN(c2ncnc3onc(CC)c23)C1. The van der Waals surface area contributed by atoms with Crippen LogP contribution in [-0.4, -0.2) is 40.7 Å². The first-order chi connectivity index (χ1) is 11.2. The van der Waals surface area contributed by atoms with Gasteiger partial charge in [-0.3, -0.25) is 4.79 Å². The van der Waals surface area contributed by atoms with Gasteiger partial charge in [-0.1, -0.05) is 19.0 Å². The van der Waals surface area contributed by atoms with Crippen LogP contribution in [0.5, 0.6) is 0 Å². The van der Waals surface area contributed by atoms with Gasteiger partial charge < -0.3 is 14.7 Å². The van der Waals surface area contributed by atoms with Gasteiger partial charge in [-0.05, 0) is 25.7 Å². The number of rotatable bonds is 5. The Morgan fingerprint density at radius 1 is 1.43 bits per heavy atom. The molecule has 23 heavy (non-hydrogen) atoms. The third-order valence-corrected chi connectivity index (χ3v) is 4.30. The summed E-state index contributed by atoms with van der Waals surface area (Å²) in [5, 5.41) is 7.96. The molecule has 1 amide bonds. The summed E-state index contributed by atoms with van der Waals surface area (Å²) in [6.45, 7) is 6.39. The molecule has 1 fully saturated rings. The van der Waals surface area contributed by atoms with Gasteiger partial charge in [-0.2, -0.15) is 4.98 Å². The van der Waals surface area contributed by atoms with Crippen molar-refractivity contribution in [3.8, 4) is 0 Å². The molecule has 1 N–H and O–H groups in total. The van der Waals surface area contributed by atoms with Crippen molar-refractivity contribution in [2.45, 2.75) is 39.5 Å². The first-order valence-electron chi connectivity index (χ1n) is 8.36. The number of anilines is 1. The predicted octanol–water partition coefficient (Wildman–Crippen LogP) is 1.92. The Balaban J connectivity index is 1.84. The lowest BCUT2D eigenvalue weighted by molar-refractivity contribution is -0.125. The van der Waals surface area contributed by atoms with Crippen molar-refractivity contribution in [3.05, 3.63) is 12.0 Å². The monoisotopic (exact) mass is 317 g/mol. The first-order valence-corrected chi connectivity index (χ1v) is 8.36. The fourth-order valence-electron chi connectivity index (χ4n) is 3.08. The van der Waals surface area contributed by atoms with Crippen LogP contribution in [0.1, 0.15) is 38.8 Å². The van der Waals surface area contributed by atoms with Gasteiger partial charge in [0.1, 0.15) is 17.5 Å². The summed E-state index contributed by atoms with van der Waals surface area (Å²) in [6, 6.07) is 0. The number of nitrogens with zero attached hydrogens (tertiary/aromatic N) is 4. The fraction of sp³-hybridized carbons (Fsp3) is 0.625. The minimum atomic E-state index is 0.00486. The molecule has 2 aromatic heterocycles. The highest BCUT2D eigenvalue weighted by atomic mass is 16.5. The molecule has 0 bridgehead atoms. The number of hydrogen-bond acceptors (Lipinski definition) is 6. The van der Waals surface area contributed by atoms with Crippen molar-refractivity contribution in [1.82, 2.24) is 20.4 Å². The Morgan fingerprint density at radius 2 is 2.30 bits per heavy atom. The zero-order chi connectivity index (χ0) is 16.2. The van der Waals surface area contributed by atoms with E-state index >= 15 is 0 Å². The average molecular weight is 317 g/mol. The van der Waals surface area contributed by atoms with Gasteiger partial charge in [0.15, 0.2) is 0 Å². The molecule has 1 unspecified atom stereocenters. The van der Waals surface area contributed by atoms with Gasteiger partial charge in [0, 0.05) is 19.6 Å². The molecule has 124 valence electrons. The Morgan fingerprint density at radius 3 is 3.09 bits per heavy atom. The second-order valence-electron chi connectivity index (χ2n) is 5.94. The Bertz CT molecular complexity index is 684. The van der Waals surface area contributed by atoms with E-state index in [0.29, 0.717) is 12.3 Å².